The molecular weight excluding hydrogens is 304 g/mol. The van der Waals surface area contributed by atoms with Crippen molar-refractivity contribution in [1.29, 1.82) is 0 Å². The number of nitrogens with one attached hydrogen (secondary N) is 1. The summed E-state index contributed by atoms with van der Waals surface area (Å²) in [5.74, 6) is 1.19. The molecule has 0 saturated carbocycles. The molecule has 0 atom stereocenters. The molecule has 1 rings (SSSR count). The molecule has 0 saturated heterocycles. The molecule has 0 aliphatic carbocycles. The first-order valence-corrected chi connectivity index (χ1v) is 10.6. The van der Waals surface area contributed by atoms with Crippen molar-refractivity contribution in [3.05, 3.63) is 17.2 Å². The van der Waals surface area contributed by atoms with Crippen molar-refractivity contribution in [3.63, 3.8) is 0 Å². The van der Waals surface area contributed by atoms with E-state index in [2.05, 4.69) is 67.3 Å². The van der Waals surface area contributed by atoms with Crippen LogP contribution in [0.1, 0.15) is 131 Å². The van der Waals surface area contributed by atoms with E-state index in [-0.39, 0.29) is 16.2 Å². The number of hydrogen-bond donors (Lipinski definition) is 1. The Balaban J connectivity index is 3.38. The topological polar surface area (TPSA) is 28.7 Å². The van der Waals surface area contributed by atoms with Crippen LogP contribution in [0, 0.1) is 0 Å². The third-order valence-electron chi connectivity index (χ3n) is 5.85. The lowest BCUT2D eigenvalue weighted by molar-refractivity contribution is 0.404. The van der Waals surface area contributed by atoms with Crippen molar-refractivity contribution in [1.82, 2.24) is 9.97 Å². The molecule has 1 heterocycles. The summed E-state index contributed by atoms with van der Waals surface area (Å²) >= 11 is 0. The smallest absolute Gasteiger partial charge is 0.112 e. The number of imidazole rings is 1. The van der Waals surface area contributed by atoms with Crippen molar-refractivity contribution in [2.75, 3.05) is 0 Å². The molecule has 0 aliphatic heterocycles. The zero-order valence-corrected chi connectivity index (χ0v) is 18.6. The fourth-order valence-electron chi connectivity index (χ4n) is 3.90. The first-order valence-electron chi connectivity index (χ1n) is 10.6. The maximum atomic E-state index is 5.24. The summed E-state index contributed by atoms with van der Waals surface area (Å²) in [5, 5.41) is 0. The number of hydrogen-bond acceptors (Lipinski definition) is 1. The predicted octanol–water partition coefficient (Wildman–Crippen LogP) is 7.42. The second-order valence-corrected chi connectivity index (χ2v) is 9.92. The van der Waals surface area contributed by atoms with Gasteiger partial charge in [0.05, 0.1) is 5.69 Å². The van der Waals surface area contributed by atoms with Gasteiger partial charge in [-0.1, -0.05) is 94.4 Å². The standard InChI is InChI=1S/C23H44N2/c1-10-13-16-21(4,5)18-19(22(6,7)17-14-11-2)25-20(24-18)23(8,9)15-12-3/h10-17H2,1-9H3,(H,24,25). The van der Waals surface area contributed by atoms with E-state index in [1.165, 1.54) is 68.6 Å². The Morgan fingerprint density at radius 1 is 0.680 bits per heavy atom. The molecule has 146 valence electrons. The number of aromatic amines is 1. The van der Waals surface area contributed by atoms with Gasteiger partial charge in [0.2, 0.25) is 0 Å². The third kappa shape index (κ3) is 5.59. The summed E-state index contributed by atoms with van der Waals surface area (Å²) in [4.78, 5) is 9.07. The summed E-state index contributed by atoms with van der Waals surface area (Å²) in [6, 6.07) is 0. The minimum atomic E-state index is 0.115. The van der Waals surface area contributed by atoms with Crippen LogP contribution in [0.2, 0.25) is 0 Å². The van der Waals surface area contributed by atoms with Crippen molar-refractivity contribution in [2.45, 2.75) is 130 Å². The number of nitrogens with zero attached hydrogens (tertiary/aromatic N) is 1. The molecule has 0 fully saturated rings. The molecule has 0 radical (unpaired) electrons. The number of unbranched alkanes of at least 4 members (excludes halogenated alkanes) is 2. The van der Waals surface area contributed by atoms with Crippen LogP contribution in [0.5, 0.6) is 0 Å². The highest BCUT2D eigenvalue weighted by atomic mass is 15.0. The first kappa shape index (κ1) is 22.3. The summed E-state index contributed by atoms with van der Waals surface area (Å²) in [6.45, 7) is 21.1. The third-order valence-corrected chi connectivity index (χ3v) is 5.85. The molecule has 2 nitrogen and oxygen atoms in total. The SMILES string of the molecule is CCCCC(C)(C)c1nc(C(C)(C)CCC)[nH]c1C(C)(C)CCCC. The van der Waals surface area contributed by atoms with E-state index < -0.39 is 0 Å². The molecule has 0 aromatic carbocycles. The van der Waals surface area contributed by atoms with Crippen molar-refractivity contribution < 1.29 is 0 Å². The minimum absolute atomic E-state index is 0.115. The lowest BCUT2D eigenvalue weighted by Gasteiger charge is -2.30. The summed E-state index contributed by atoms with van der Waals surface area (Å²) in [6.07, 6.45) is 9.82. The molecule has 2 heteroatoms. The van der Waals surface area contributed by atoms with E-state index in [1.807, 2.05) is 0 Å². The molecule has 1 aromatic rings. The lowest BCUT2D eigenvalue weighted by Crippen LogP contribution is -2.26. The Bertz CT molecular complexity index is 483. The van der Waals surface area contributed by atoms with Crippen LogP contribution in [0.3, 0.4) is 0 Å². The molecular formula is C23H44N2. The molecule has 25 heavy (non-hydrogen) atoms. The maximum absolute atomic E-state index is 5.24. The van der Waals surface area contributed by atoms with E-state index in [0.717, 1.165) is 0 Å². The van der Waals surface area contributed by atoms with Crippen LogP contribution in [-0.4, -0.2) is 9.97 Å². The fourth-order valence-corrected chi connectivity index (χ4v) is 3.90. The van der Waals surface area contributed by atoms with Crippen molar-refractivity contribution in [3.8, 4) is 0 Å². The second-order valence-electron chi connectivity index (χ2n) is 9.92. The van der Waals surface area contributed by atoms with Gasteiger partial charge in [-0.05, 0) is 19.3 Å². The van der Waals surface area contributed by atoms with Crippen molar-refractivity contribution in [2.24, 2.45) is 0 Å². The summed E-state index contributed by atoms with van der Waals surface area (Å²) < 4.78 is 0. The molecule has 0 unspecified atom stereocenters. The lowest BCUT2D eigenvalue weighted by atomic mass is 9.75. The van der Waals surface area contributed by atoms with Gasteiger partial charge in [0.15, 0.2) is 0 Å². The van der Waals surface area contributed by atoms with Gasteiger partial charge in [0.25, 0.3) is 0 Å². The highest BCUT2D eigenvalue weighted by molar-refractivity contribution is 5.31. The number of H-pyrrole nitrogens is 1. The molecule has 0 amide bonds. The summed E-state index contributed by atoms with van der Waals surface area (Å²) in [7, 11) is 0. The Morgan fingerprint density at radius 2 is 1.20 bits per heavy atom. The van der Waals surface area contributed by atoms with Crippen LogP contribution in [-0.2, 0) is 16.2 Å². The van der Waals surface area contributed by atoms with Crippen molar-refractivity contribution >= 4 is 0 Å². The average molecular weight is 349 g/mol. The first-order chi connectivity index (χ1) is 11.5. The van der Waals surface area contributed by atoms with Crippen LogP contribution in [0.4, 0.5) is 0 Å². The number of rotatable bonds is 11. The van der Waals surface area contributed by atoms with Gasteiger partial charge in [-0.2, -0.15) is 0 Å². The van der Waals surface area contributed by atoms with Gasteiger partial charge < -0.3 is 4.98 Å². The van der Waals surface area contributed by atoms with Gasteiger partial charge in [0.1, 0.15) is 5.82 Å². The Morgan fingerprint density at radius 3 is 1.68 bits per heavy atom. The Hall–Kier alpha value is -0.790. The van der Waals surface area contributed by atoms with E-state index in [0.29, 0.717) is 0 Å². The molecule has 0 spiro atoms. The largest absolute Gasteiger partial charge is 0.345 e. The van der Waals surface area contributed by atoms with Crippen LogP contribution >= 0.6 is 0 Å². The minimum Gasteiger partial charge on any atom is -0.345 e. The van der Waals surface area contributed by atoms with Gasteiger partial charge in [-0.15, -0.1) is 0 Å². The normalized spacial score (nSPS) is 13.5. The average Bonchev–Trinajstić information content (AvgIpc) is 2.99. The van der Waals surface area contributed by atoms with E-state index in [4.69, 9.17) is 4.98 Å². The fraction of sp³-hybridized carbons (Fsp3) is 0.870. The van der Waals surface area contributed by atoms with Gasteiger partial charge in [0, 0.05) is 21.9 Å². The van der Waals surface area contributed by atoms with Crippen LogP contribution < -0.4 is 0 Å². The monoisotopic (exact) mass is 348 g/mol. The van der Waals surface area contributed by atoms with Gasteiger partial charge >= 0.3 is 0 Å². The highest BCUT2D eigenvalue weighted by Gasteiger charge is 2.36. The predicted molar refractivity (Wildman–Crippen MR) is 112 cm³/mol. The summed E-state index contributed by atoms with van der Waals surface area (Å²) in [5.41, 5.74) is 3.11. The zero-order valence-electron chi connectivity index (χ0n) is 18.6. The zero-order chi connectivity index (χ0) is 19.3. The Kier molecular flexibility index (Phi) is 7.77. The highest BCUT2D eigenvalue weighted by Crippen LogP contribution is 2.40. The van der Waals surface area contributed by atoms with E-state index in [9.17, 15) is 0 Å². The van der Waals surface area contributed by atoms with Gasteiger partial charge in [-0.25, -0.2) is 4.98 Å². The van der Waals surface area contributed by atoms with E-state index >= 15 is 0 Å². The quantitative estimate of drug-likeness (QED) is 0.442. The van der Waals surface area contributed by atoms with Crippen LogP contribution in [0.15, 0.2) is 0 Å². The maximum Gasteiger partial charge on any atom is 0.112 e. The van der Waals surface area contributed by atoms with E-state index in [1.54, 1.807) is 0 Å². The molecule has 0 bridgehead atoms. The number of aromatic nitrogens is 2. The molecule has 0 aliphatic rings. The Labute approximate surface area is 157 Å². The van der Waals surface area contributed by atoms with Gasteiger partial charge in [-0.3, -0.25) is 0 Å². The van der Waals surface area contributed by atoms with Crippen LogP contribution in [0.25, 0.3) is 0 Å². The second kappa shape index (κ2) is 8.73. The molecule has 1 N–H and O–H groups in total. The molecule has 1 aromatic heterocycles.